The van der Waals surface area contributed by atoms with Crippen molar-refractivity contribution < 1.29 is 14.3 Å². The van der Waals surface area contributed by atoms with Crippen molar-refractivity contribution in [1.29, 1.82) is 0 Å². The molecule has 0 aromatic heterocycles. The zero-order chi connectivity index (χ0) is 15.4. The van der Waals surface area contributed by atoms with Crippen molar-refractivity contribution in [3.63, 3.8) is 0 Å². The second-order valence-electron chi connectivity index (χ2n) is 5.28. The second kappa shape index (κ2) is 7.07. The number of benzene rings is 1. The number of halogens is 1. The Hall–Kier alpha value is -1.36. The molecule has 1 heterocycles. The van der Waals surface area contributed by atoms with Gasteiger partial charge in [-0.1, -0.05) is 15.9 Å². The first-order valence-electron chi connectivity index (χ1n) is 7.25. The SMILES string of the molecule is CCOC(=O)C1CCN(C(=O)c2ccc(Br)cc2C)CC1. The van der Waals surface area contributed by atoms with Crippen molar-refractivity contribution in [2.45, 2.75) is 26.7 Å². The molecule has 4 nitrogen and oxygen atoms in total. The summed E-state index contributed by atoms with van der Waals surface area (Å²) in [5.74, 6) is -0.160. The highest BCUT2D eigenvalue weighted by Gasteiger charge is 2.29. The summed E-state index contributed by atoms with van der Waals surface area (Å²) < 4.78 is 6.02. The first-order chi connectivity index (χ1) is 10.0. The molecule has 114 valence electrons. The van der Waals surface area contributed by atoms with Gasteiger partial charge in [0.2, 0.25) is 0 Å². The fraction of sp³-hybridized carbons (Fsp3) is 0.500. The Balaban J connectivity index is 1.98. The molecule has 0 bridgehead atoms. The molecule has 0 saturated carbocycles. The van der Waals surface area contributed by atoms with Crippen molar-refractivity contribution in [3.8, 4) is 0 Å². The van der Waals surface area contributed by atoms with Crippen LogP contribution in [0.25, 0.3) is 0 Å². The molecule has 1 aliphatic rings. The number of aryl methyl sites for hydroxylation is 1. The average Bonchev–Trinajstić information content (AvgIpc) is 2.47. The summed E-state index contributed by atoms with van der Waals surface area (Å²) in [7, 11) is 0. The molecule has 0 aliphatic carbocycles. The largest absolute Gasteiger partial charge is 0.466 e. The van der Waals surface area contributed by atoms with Gasteiger partial charge < -0.3 is 9.64 Å². The number of piperidine rings is 1. The van der Waals surface area contributed by atoms with E-state index >= 15 is 0 Å². The first-order valence-corrected chi connectivity index (χ1v) is 8.04. The minimum atomic E-state index is -0.135. The molecular formula is C16H20BrNO3. The lowest BCUT2D eigenvalue weighted by atomic mass is 9.96. The average molecular weight is 354 g/mol. The molecule has 0 spiro atoms. The molecule has 0 N–H and O–H groups in total. The molecule has 0 unspecified atom stereocenters. The van der Waals surface area contributed by atoms with E-state index in [9.17, 15) is 9.59 Å². The zero-order valence-corrected chi connectivity index (χ0v) is 14.0. The topological polar surface area (TPSA) is 46.6 Å². The molecular weight excluding hydrogens is 334 g/mol. The maximum Gasteiger partial charge on any atom is 0.309 e. The molecule has 1 aromatic carbocycles. The van der Waals surface area contributed by atoms with E-state index in [-0.39, 0.29) is 17.8 Å². The van der Waals surface area contributed by atoms with Gasteiger partial charge in [0.25, 0.3) is 5.91 Å². The van der Waals surface area contributed by atoms with Gasteiger partial charge >= 0.3 is 5.97 Å². The zero-order valence-electron chi connectivity index (χ0n) is 12.4. The van der Waals surface area contributed by atoms with Crippen molar-refractivity contribution in [3.05, 3.63) is 33.8 Å². The minimum absolute atomic E-state index is 0.0438. The van der Waals surface area contributed by atoms with Crippen molar-refractivity contribution in [2.24, 2.45) is 5.92 Å². The summed E-state index contributed by atoms with van der Waals surface area (Å²) in [6.07, 6.45) is 1.36. The molecule has 0 atom stereocenters. The Labute approximate surface area is 133 Å². The van der Waals surface area contributed by atoms with Crippen LogP contribution in [0.2, 0.25) is 0 Å². The molecule has 21 heavy (non-hydrogen) atoms. The van der Waals surface area contributed by atoms with Gasteiger partial charge in [-0.05, 0) is 50.5 Å². The summed E-state index contributed by atoms with van der Waals surface area (Å²) in [6.45, 7) is 5.38. The summed E-state index contributed by atoms with van der Waals surface area (Å²) in [6, 6.07) is 5.67. The third-order valence-electron chi connectivity index (χ3n) is 3.82. The van der Waals surface area contributed by atoms with E-state index in [0.29, 0.717) is 32.5 Å². The third kappa shape index (κ3) is 3.84. The standard InChI is InChI=1S/C16H20BrNO3/c1-3-21-16(20)12-6-8-18(9-7-12)15(19)14-5-4-13(17)10-11(14)2/h4-5,10,12H,3,6-9H2,1-2H3. The number of carbonyl (C=O) groups excluding carboxylic acids is 2. The van der Waals surface area contributed by atoms with Gasteiger partial charge in [-0.2, -0.15) is 0 Å². The lowest BCUT2D eigenvalue weighted by molar-refractivity contribution is -0.149. The summed E-state index contributed by atoms with van der Waals surface area (Å²) in [4.78, 5) is 26.1. The van der Waals surface area contributed by atoms with Crippen LogP contribution >= 0.6 is 15.9 Å². The lowest BCUT2D eigenvalue weighted by Gasteiger charge is -2.31. The van der Waals surface area contributed by atoms with Gasteiger partial charge in [-0.25, -0.2) is 0 Å². The van der Waals surface area contributed by atoms with E-state index in [1.807, 2.05) is 36.9 Å². The predicted octanol–water partition coefficient (Wildman–Crippen LogP) is 3.17. The van der Waals surface area contributed by atoms with E-state index in [1.54, 1.807) is 0 Å². The monoisotopic (exact) mass is 353 g/mol. The van der Waals surface area contributed by atoms with E-state index in [2.05, 4.69) is 15.9 Å². The molecule has 5 heteroatoms. The van der Waals surface area contributed by atoms with Crippen LogP contribution in [-0.2, 0) is 9.53 Å². The minimum Gasteiger partial charge on any atom is -0.466 e. The molecule has 0 radical (unpaired) electrons. The van der Waals surface area contributed by atoms with Crippen molar-refractivity contribution >= 4 is 27.8 Å². The van der Waals surface area contributed by atoms with Crippen molar-refractivity contribution in [1.82, 2.24) is 4.90 Å². The third-order valence-corrected chi connectivity index (χ3v) is 4.31. The van der Waals surface area contributed by atoms with E-state index in [0.717, 1.165) is 15.6 Å². The Morgan fingerprint density at radius 2 is 2.00 bits per heavy atom. The van der Waals surface area contributed by atoms with Gasteiger partial charge in [0, 0.05) is 23.1 Å². The lowest BCUT2D eigenvalue weighted by Crippen LogP contribution is -2.40. The highest BCUT2D eigenvalue weighted by molar-refractivity contribution is 9.10. The maximum atomic E-state index is 12.5. The Morgan fingerprint density at radius 1 is 1.33 bits per heavy atom. The fourth-order valence-electron chi connectivity index (χ4n) is 2.62. The van der Waals surface area contributed by atoms with Gasteiger partial charge in [-0.15, -0.1) is 0 Å². The summed E-state index contributed by atoms with van der Waals surface area (Å²) >= 11 is 3.40. The number of amides is 1. The Kier molecular flexibility index (Phi) is 5.39. The van der Waals surface area contributed by atoms with Crippen LogP contribution in [0.5, 0.6) is 0 Å². The van der Waals surface area contributed by atoms with Crippen LogP contribution in [0.3, 0.4) is 0 Å². The highest BCUT2D eigenvalue weighted by Crippen LogP contribution is 2.22. The van der Waals surface area contributed by atoms with Crippen molar-refractivity contribution in [2.75, 3.05) is 19.7 Å². The molecule has 1 aliphatic heterocycles. The number of hydrogen-bond donors (Lipinski definition) is 0. The van der Waals surface area contributed by atoms with Gasteiger partial charge in [0.15, 0.2) is 0 Å². The highest BCUT2D eigenvalue weighted by atomic mass is 79.9. The fourth-order valence-corrected chi connectivity index (χ4v) is 3.09. The van der Waals surface area contributed by atoms with Crippen LogP contribution in [0.1, 0.15) is 35.7 Å². The number of nitrogens with zero attached hydrogens (tertiary/aromatic N) is 1. The number of ether oxygens (including phenoxy) is 1. The smallest absolute Gasteiger partial charge is 0.309 e. The van der Waals surface area contributed by atoms with Crippen LogP contribution in [0.15, 0.2) is 22.7 Å². The van der Waals surface area contributed by atoms with E-state index in [4.69, 9.17) is 4.74 Å². The normalized spacial score (nSPS) is 15.9. The van der Waals surface area contributed by atoms with Gasteiger partial charge in [0.1, 0.15) is 0 Å². The molecule has 1 aromatic rings. The van der Waals surface area contributed by atoms with E-state index in [1.165, 1.54) is 0 Å². The maximum absolute atomic E-state index is 12.5. The van der Waals surface area contributed by atoms with Gasteiger partial charge in [0.05, 0.1) is 12.5 Å². The molecule has 2 rings (SSSR count). The Morgan fingerprint density at radius 3 is 2.57 bits per heavy atom. The second-order valence-corrected chi connectivity index (χ2v) is 6.19. The number of esters is 1. The van der Waals surface area contributed by atoms with Crippen LogP contribution < -0.4 is 0 Å². The van der Waals surface area contributed by atoms with Crippen LogP contribution in [-0.4, -0.2) is 36.5 Å². The number of hydrogen-bond acceptors (Lipinski definition) is 3. The summed E-state index contributed by atoms with van der Waals surface area (Å²) in [5.41, 5.74) is 1.69. The number of carbonyl (C=O) groups is 2. The summed E-state index contributed by atoms with van der Waals surface area (Å²) in [5, 5.41) is 0. The predicted molar refractivity (Wildman–Crippen MR) is 84.1 cm³/mol. The molecule has 1 amide bonds. The molecule has 1 saturated heterocycles. The Bertz CT molecular complexity index is 536. The van der Waals surface area contributed by atoms with E-state index < -0.39 is 0 Å². The molecule has 1 fully saturated rings. The number of likely N-dealkylation sites (tertiary alicyclic amines) is 1. The van der Waals surface area contributed by atoms with Gasteiger partial charge in [-0.3, -0.25) is 9.59 Å². The first kappa shape index (κ1) is 16.0. The van der Waals surface area contributed by atoms with Crippen LogP contribution in [0.4, 0.5) is 0 Å². The van der Waals surface area contributed by atoms with Crippen LogP contribution in [0, 0.1) is 12.8 Å². The number of rotatable bonds is 3. The quantitative estimate of drug-likeness (QED) is 0.784.